The lowest BCUT2D eigenvalue weighted by Crippen LogP contribution is -2.43. The van der Waals surface area contributed by atoms with Crippen LogP contribution in [0, 0.1) is 0 Å². The van der Waals surface area contributed by atoms with Crippen LogP contribution >= 0.6 is 0 Å². The number of fused-ring (bicyclic) bond motifs is 1. The molecule has 4 nitrogen and oxygen atoms in total. The molecule has 0 atom stereocenters. The van der Waals surface area contributed by atoms with E-state index in [0.29, 0.717) is 0 Å². The van der Waals surface area contributed by atoms with Crippen LogP contribution in [0.4, 0.5) is 11.4 Å². The van der Waals surface area contributed by atoms with Crippen LogP contribution in [0.15, 0.2) is 18.2 Å². The lowest BCUT2D eigenvalue weighted by atomic mass is 10.0. The van der Waals surface area contributed by atoms with Gasteiger partial charge in [0.2, 0.25) is 0 Å². The highest BCUT2D eigenvalue weighted by Crippen LogP contribution is 2.28. The molecule has 23 heavy (non-hydrogen) atoms. The summed E-state index contributed by atoms with van der Waals surface area (Å²) < 4.78 is 1.29. The predicted octanol–water partition coefficient (Wildman–Crippen LogP) is 2.24. The highest BCUT2D eigenvalue weighted by molar-refractivity contribution is 5.62. The quantitative estimate of drug-likeness (QED) is 0.460. The molecule has 4 heteroatoms. The number of nitrogens with one attached hydrogen (secondary N) is 1. The minimum absolute atomic E-state index is 0.881. The second-order valence-corrected chi connectivity index (χ2v) is 7.58. The minimum atomic E-state index is 0.881. The van der Waals surface area contributed by atoms with Crippen molar-refractivity contribution in [3.8, 4) is 0 Å². The molecule has 0 amide bonds. The zero-order valence-corrected chi connectivity index (χ0v) is 14.7. The molecule has 0 radical (unpaired) electrons. The van der Waals surface area contributed by atoms with Gasteiger partial charge in [0, 0.05) is 56.8 Å². The van der Waals surface area contributed by atoms with E-state index in [-0.39, 0.29) is 0 Å². The lowest BCUT2D eigenvalue weighted by Gasteiger charge is -2.32. The van der Waals surface area contributed by atoms with E-state index in [9.17, 15) is 0 Å². The van der Waals surface area contributed by atoms with Gasteiger partial charge in [-0.15, -0.1) is 0 Å². The van der Waals surface area contributed by atoms with Gasteiger partial charge < -0.3 is 20.4 Å². The first-order valence-corrected chi connectivity index (χ1v) is 9.34. The zero-order valence-electron chi connectivity index (χ0n) is 14.7. The van der Waals surface area contributed by atoms with Gasteiger partial charge in [0.05, 0.1) is 26.7 Å². The molecule has 1 aromatic rings. The molecular formula is C19H33N4+. The van der Waals surface area contributed by atoms with Gasteiger partial charge in [-0.1, -0.05) is 6.07 Å². The normalized spacial score (nSPS) is 19.8. The fourth-order valence-electron chi connectivity index (χ4n) is 4.15. The molecule has 2 aliphatic heterocycles. The molecule has 0 saturated carbocycles. The second-order valence-electron chi connectivity index (χ2n) is 7.58. The number of hydrogen-bond acceptors (Lipinski definition) is 3. The lowest BCUT2D eigenvalue weighted by molar-refractivity contribution is -0.897. The van der Waals surface area contributed by atoms with Crippen LogP contribution in [-0.4, -0.2) is 57.3 Å². The Bertz CT molecular complexity index is 508. The highest BCUT2D eigenvalue weighted by Gasteiger charge is 2.25. The number of likely N-dealkylation sites (tertiary alicyclic amines) is 1. The van der Waals surface area contributed by atoms with E-state index in [4.69, 9.17) is 5.73 Å². The summed E-state index contributed by atoms with van der Waals surface area (Å²) in [4.78, 5) is 2.50. The molecule has 0 aliphatic carbocycles. The van der Waals surface area contributed by atoms with Gasteiger partial charge in [-0.3, -0.25) is 0 Å². The van der Waals surface area contributed by atoms with Crippen molar-refractivity contribution in [3.05, 3.63) is 23.8 Å². The zero-order chi connectivity index (χ0) is 16.1. The first-order valence-electron chi connectivity index (χ1n) is 9.34. The Morgan fingerprint density at radius 3 is 2.83 bits per heavy atom. The van der Waals surface area contributed by atoms with Crippen LogP contribution in [0.25, 0.3) is 0 Å². The van der Waals surface area contributed by atoms with Crippen LogP contribution in [0.2, 0.25) is 0 Å². The maximum Gasteiger partial charge on any atom is 0.0796 e. The number of benzene rings is 1. The Hall–Kier alpha value is -1.26. The predicted molar refractivity (Wildman–Crippen MR) is 98.9 cm³/mol. The minimum Gasteiger partial charge on any atom is -0.399 e. The Morgan fingerprint density at radius 2 is 2.00 bits per heavy atom. The van der Waals surface area contributed by atoms with Gasteiger partial charge in [-0.2, -0.15) is 0 Å². The van der Waals surface area contributed by atoms with Crippen LogP contribution in [0.1, 0.15) is 31.2 Å². The van der Waals surface area contributed by atoms with E-state index in [2.05, 4.69) is 29.4 Å². The van der Waals surface area contributed by atoms with Gasteiger partial charge in [-0.25, -0.2) is 0 Å². The number of nitrogen functional groups attached to an aromatic ring is 1. The molecule has 0 bridgehead atoms. The molecule has 0 aromatic heterocycles. The van der Waals surface area contributed by atoms with Crippen molar-refractivity contribution in [2.24, 2.45) is 0 Å². The number of aryl methyl sites for hydroxylation is 1. The molecule has 128 valence electrons. The monoisotopic (exact) mass is 317 g/mol. The highest BCUT2D eigenvalue weighted by atomic mass is 15.3. The maximum atomic E-state index is 5.97. The molecule has 2 heterocycles. The number of hydrogen-bond donors (Lipinski definition) is 2. The van der Waals surface area contributed by atoms with E-state index in [1.807, 2.05) is 6.07 Å². The van der Waals surface area contributed by atoms with Gasteiger partial charge in [0.15, 0.2) is 0 Å². The largest absolute Gasteiger partial charge is 0.399 e. The van der Waals surface area contributed by atoms with Crippen molar-refractivity contribution < 1.29 is 4.48 Å². The van der Waals surface area contributed by atoms with Crippen LogP contribution in [0.3, 0.4) is 0 Å². The summed E-state index contributed by atoms with van der Waals surface area (Å²) in [5, 5.41) is 3.64. The van der Waals surface area contributed by atoms with E-state index < -0.39 is 0 Å². The van der Waals surface area contributed by atoms with E-state index in [0.717, 1.165) is 31.9 Å². The number of anilines is 2. The van der Waals surface area contributed by atoms with Crippen LogP contribution < -0.4 is 16.0 Å². The third-order valence-electron chi connectivity index (χ3n) is 5.58. The summed E-state index contributed by atoms with van der Waals surface area (Å²) in [6.07, 6.45) is 6.58. The van der Waals surface area contributed by atoms with Crippen molar-refractivity contribution in [2.75, 3.05) is 63.5 Å². The summed E-state index contributed by atoms with van der Waals surface area (Å²) in [6, 6.07) is 6.37. The summed E-state index contributed by atoms with van der Waals surface area (Å²) in [6.45, 7) is 8.55. The molecule has 1 saturated heterocycles. The fraction of sp³-hybridized carbons (Fsp3) is 0.684. The van der Waals surface area contributed by atoms with Gasteiger partial charge in [0.1, 0.15) is 0 Å². The van der Waals surface area contributed by atoms with Crippen LogP contribution in [-0.2, 0) is 6.42 Å². The van der Waals surface area contributed by atoms with Gasteiger partial charge >= 0.3 is 0 Å². The maximum absolute atomic E-state index is 5.97. The summed E-state index contributed by atoms with van der Waals surface area (Å²) in [7, 11) is 2.42. The van der Waals surface area contributed by atoms with Gasteiger partial charge in [0.25, 0.3) is 0 Å². The van der Waals surface area contributed by atoms with E-state index in [1.54, 1.807) is 0 Å². The third-order valence-corrected chi connectivity index (χ3v) is 5.58. The Morgan fingerprint density at radius 1 is 1.17 bits per heavy atom. The molecule has 1 aromatic carbocycles. The topological polar surface area (TPSA) is 41.3 Å². The molecule has 0 spiro atoms. The number of nitrogens with zero attached hydrogens (tertiary/aromatic N) is 2. The van der Waals surface area contributed by atoms with Crippen molar-refractivity contribution in [1.29, 1.82) is 0 Å². The molecule has 0 unspecified atom stereocenters. The molecule has 3 N–H and O–H groups in total. The smallest absolute Gasteiger partial charge is 0.0796 e. The Kier molecular flexibility index (Phi) is 5.44. The van der Waals surface area contributed by atoms with Gasteiger partial charge in [-0.05, 0) is 30.5 Å². The molecule has 2 aliphatic rings. The standard InChI is InChI=1S/C19H33N4/c1-23(13-2-3-14-23)15-5-9-21-10-12-22-11-4-6-17-7-8-18(20)16-19(17)22/h7-8,16,21H,2-6,9-15,20H2,1H3/q+1. The Balaban J connectivity index is 1.37. The van der Waals surface area contributed by atoms with Crippen molar-refractivity contribution in [3.63, 3.8) is 0 Å². The summed E-state index contributed by atoms with van der Waals surface area (Å²) >= 11 is 0. The summed E-state index contributed by atoms with van der Waals surface area (Å²) in [5.41, 5.74) is 9.66. The van der Waals surface area contributed by atoms with Crippen molar-refractivity contribution >= 4 is 11.4 Å². The molecule has 3 rings (SSSR count). The fourth-order valence-corrected chi connectivity index (χ4v) is 4.15. The first kappa shape index (κ1) is 16.6. The van der Waals surface area contributed by atoms with E-state index >= 15 is 0 Å². The van der Waals surface area contributed by atoms with Crippen molar-refractivity contribution in [2.45, 2.75) is 32.1 Å². The number of quaternary nitrogens is 1. The third kappa shape index (κ3) is 4.39. The van der Waals surface area contributed by atoms with E-state index in [1.165, 1.54) is 67.5 Å². The Labute approximate surface area is 141 Å². The number of nitrogens with two attached hydrogens (primary N) is 1. The SMILES string of the molecule is C[N+]1(CCCNCCN2CCCc3ccc(N)cc32)CCCC1. The van der Waals surface area contributed by atoms with Crippen LogP contribution in [0.5, 0.6) is 0 Å². The molecule has 1 fully saturated rings. The average molecular weight is 318 g/mol. The average Bonchev–Trinajstić information content (AvgIpc) is 2.98. The first-order chi connectivity index (χ1) is 11.2. The summed E-state index contributed by atoms with van der Waals surface area (Å²) in [5.74, 6) is 0. The van der Waals surface area contributed by atoms with Crippen molar-refractivity contribution in [1.82, 2.24) is 5.32 Å². The second kappa shape index (κ2) is 7.54. The molecular weight excluding hydrogens is 284 g/mol. The number of rotatable bonds is 7.